The monoisotopic (exact) mass is 330 g/mol. The minimum absolute atomic E-state index is 0.0199. The first-order chi connectivity index (χ1) is 11.5. The number of amides is 2. The highest BCUT2D eigenvalue weighted by molar-refractivity contribution is 5.94. The van der Waals surface area contributed by atoms with Crippen molar-refractivity contribution in [3.05, 3.63) is 29.8 Å². The van der Waals surface area contributed by atoms with Gasteiger partial charge in [-0.25, -0.2) is 0 Å². The Hall–Kier alpha value is -2.04. The molecule has 0 bridgehead atoms. The van der Waals surface area contributed by atoms with E-state index in [1.807, 2.05) is 30.9 Å². The number of likely N-dealkylation sites (tertiary alicyclic amines) is 1. The first-order valence-corrected chi connectivity index (χ1v) is 8.89. The normalized spacial score (nSPS) is 20.3. The number of benzene rings is 1. The van der Waals surface area contributed by atoms with E-state index in [0.29, 0.717) is 18.2 Å². The van der Waals surface area contributed by atoms with E-state index in [1.54, 1.807) is 12.1 Å². The molecule has 130 valence electrons. The molecule has 2 aliphatic rings. The highest BCUT2D eigenvalue weighted by atomic mass is 16.5. The summed E-state index contributed by atoms with van der Waals surface area (Å²) in [7, 11) is 0. The second-order valence-corrected chi connectivity index (χ2v) is 7.07. The third-order valence-corrected chi connectivity index (χ3v) is 4.63. The maximum atomic E-state index is 12.2. The Kier molecular flexibility index (Phi) is 5.07. The molecule has 1 atom stereocenters. The lowest BCUT2D eigenvalue weighted by atomic mass is 10.1. The molecular weight excluding hydrogens is 304 g/mol. The zero-order valence-corrected chi connectivity index (χ0v) is 14.5. The summed E-state index contributed by atoms with van der Waals surface area (Å²) in [4.78, 5) is 26.1. The van der Waals surface area contributed by atoms with Crippen LogP contribution in [-0.2, 0) is 4.79 Å². The molecule has 1 saturated carbocycles. The number of nitrogens with one attached hydrogen (secondary N) is 1. The van der Waals surface area contributed by atoms with E-state index in [2.05, 4.69) is 5.32 Å². The van der Waals surface area contributed by atoms with Crippen LogP contribution in [0.4, 0.5) is 0 Å². The van der Waals surface area contributed by atoms with E-state index in [0.717, 1.165) is 38.0 Å². The highest BCUT2D eigenvalue weighted by Gasteiger charge is 2.30. The van der Waals surface area contributed by atoms with E-state index in [9.17, 15) is 9.59 Å². The van der Waals surface area contributed by atoms with E-state index in [4.69, 9.17) is 4.74 Å². The molecule has 3 rings (SSSR count). The van der Waals surface area contributed by atoms with Gasteiger partial charge in [-0.05, 0) is 49.9 Å². The maximum Gasteiger partial charge on any atom is 0.251 e. The SMILES string of the molecule is CC(C)C(=O)N1CCCC1COc1ccc(C(=O)NC2CC2)cc1. The van der Waals surface area contributed by atoms with E-state index < -0.39 is 0 Å². The quantitative estimate of drug-likeness (QED) is 0.872. The number of nitrogens with zero attached hydrogens (tertiary/aromatic N) is 1. The molecular formula is C19H26N2O3. The Morgan fingerprint density at radius 2 is 1.92 bits per heavy atom. The topological polar surface area (TPSA) is 58.6 Å². The van der Waals surface area contributed by atoms with Gasteiger partial charge in [-0.3, -0.25) is 9.59 Å². The molecule has 1 N–H and O–H groups in total. The zero-order chi connectivity index (χ0) is 17.1. The fraction of sp³-hybridized carbons (Fsp3) is 0.579. The number of rotatable bonds is 6. The zero-order valence-electron chi connectivity index (χ0n) is 14.5. The summed E-state index contributed by atoms with van der Waals surface area (Å²) in [5.41, 5.74) is 0.659. The van der Waals surface area contributed by atoms with Crippen LogP contribution in [0.1, 0.15) is 49.9 Å². The van der Waals surface area contributed by atoms with Gasteiger partial charge in [-0.15, -0.1) is 0 Å². The van der Waals surface area contributed by atoms with Crippen LogP contribution in [0, 0.1) is 5.92 Å². The van der Waals surface area contributed by atoms with Gasteiger partial charge in [0.1, 0.15) is 12.4 Å². The number of ether oxygens (including phenoxy) is 1. The molecule has 24 heavy (non-hydrogen) atoms. The van der Waals surface area contributed by atoms with Crippen molar-refractivity contribution in [2.24, 2.45) is 5.92 Å². The van der Waals surface area contributed by atoms with Gasteiger partial charge in [-0.1, -0.05) is 13.8 Å². The van der Waals surface area contributed by atoms with Crippen LogP contribution in [0.15, 0.2) is 24.3 Å². The largest absolute Gasteiger partial charge is 0.491 e. The maximum absolute atomic E-state index is 12.2. The third-order valence-electron chi connectivity index (χ3n) is 4.63. The van der Waals surface area contributed by atoms with Gasteiger partial charge in [0.25, 0.3) is 5.91 Å². The molecule has 2 fully saturated rings. The van der Waals surface area contributed by atoms with E-state index in [-0.39, 0.29) is 23.8 Å². The second-order valence-electron chi connectivity index (χ2n) is 7.07. The standard InChI is InChI=1S/C19H26N2O3/c1-13(2)19(23)21-11-3-4-16(21)12-24-17-9-5-14(6-10-17)18(22)20-15-7-8-15/h5-6,9-10,13,15-16H,3-4,7-8,11-12H2,1-2H3,(H,20,22). The number of hydrogen-bond acceptors (Lipinski definition) is 3. The minimum Gasteiger partial charge on any atom is -0.491 e. The number of hydrogen-bond donors (Lipinski definition) is 1. The molecule has 1 heterocycles. The summed E-state index contributed by atoms with van der Waals surface area (Å²) in [5.74, 6) is 0.943. The summed E-state index contributed by atoms with van der Waals surface area (Å²) >= 11 is 0. The molecule has 0 aromatic heterocycles. The number of carbonyl (C=O) groups excluding carboxylic acids is 2. The fourth-order valence-corrected chi connectivity index (χ4v) is 3.02. The van der Waals surface area contributed by atoms with Gasteiger partial charge in [0.05, 0.1) is 6.04 Å². The molecule has 1 aromatic carbocycles. The van der Waals surface area contributed by atoms with Crippen LogP contribution >= 0.6 is 0 Å². The predicted molar refractivity (Wildman–Crippen MR) is 92.0 cm³/mol. The average molecular weight is 330 g/mol. The molecule has 1 saturated heterocycles. The Bertz CT molecular complexity index is 593. The van der Waals surface area contributed by atoms with Gasteiger partial charge in [0, 0.05) is 24.1 Å². The van der Waals surface area contributed by atoms with E-state index in [1.165, 1.54) is 0 Å². The molecule has 5 nitrogen and oxygen atoms in total. The molecule has 1 aliphatic heterocycles. The average Bonchev–Trinajstić information content (AvgIpc) is 3.26. The van der Waals surface area contributed by atoms with Gasteiger partial charge < -0.3 is 15.0 Å². The molecule has 1 aliphatic carbocycles. The van der Waals surface area contributed by atoms with Crippen LogP contribution in [0.3, 0.4) is 0 Å². The Morgan fingerprint density at radius 1 is 1.21 bits per heavy atom. The van der Waals surface area contributed by atoms with Gasteiger partial charge in [0.15, 0.2) is 0 Å². The summed E-state index contributed by atoms with van der Waals surface area (Å²) < 4.78 is 5.85. The summed E-state index contributed by atoms with van der Waals surface area (Å²) in [6.07, 6.45) is 4.19. The Labute approximate surface area is 143 Å². The van der Waals surface area contributed by atoms with Crippen molar-refractivity contribution in [3.8, 4) is 5.75 Å². The van der Waals surface area contributed by atoms with Crippen molar-refractivity contribution >= 4 is 11.8 Å². The lowest BCUT2D eigenvalue weighted by molar-refractivity contribution is -0.135. The van der Waals surface area contributed by atoms with Crippen molar-refractivity contribution in [1.82, 2.24) is 10.2 Å². The summed E-state index contributed by atoms with van der Waals surface area (Å²) in [6, 6.07) is 7.74. The third kappa shape index (κ3) is 4.08. The Morgan fingerprint density at radius 3 is 2.54 bits per heavy atom. The lowest BCUT2D eigenvalue weighted by Crippen LogP contribution is -2.41. The summed E-state index contributed by atoms with van der Waals surface area (Å²) in [6.45, 7) is 5.20. The molecule has 1 aromatic rings. The first kappa shape index (κ1) is 16.8. The highest BCUT2D eigenvalue weighted by Crippen LogP contribution is 2.22. The van der Waals surface area contributed by atoms with Crippen LogP contribution in [0.25, 0.3) is 0 Å². The molecule has 1 unspecified atom stereocenters. The van der Waals surface area contributed by atoms with Crippen LogP contribution in [-0.4, -0.2) is 41.9 Å². The number of carbonyl (C=O) groups is 2. The van der Waals surface area contributed by atoms with Crippen molar-refractivity contribution < 1.29 is 14.3 Å². The summed E-state index contributed by atoms with van der Waals surface area (Å²) in [5, 5.41) is 2.97. The molecule has 5 heteroatoms. The minimum atomic E-state index is -0.0199. The fourth-order valence-electron chi connectivity index (χ4n) is 3.02. The smallest absolute Gasteiger partial charge is 0.251 e. The van der Waals surface area contributed by atoms with Crippen molar-refractivity contribution in [1.29, 1.82) is 0 Å². The first-order valence-electron chi connectivity index (χ1n) is 8.89. The lowest BCUT2D eigenvalue weighted by Gasteiger charge is -2.26. The van der Waals surface area contributed by atoms with E-state index >= 15 is 0 Å². The van der Waals surface area contributed by atoms with Crippen molar-refractivity contribution in [3.63, 3.8) is 0 Å². The van der Waals surface area contributed by atoms with Gasteiger partial charge in [-0.2, -0.15) is 0 Å². The second kappa shape index (κ2) is 7.24. The molecule has 0 spiro atoms. The van der Waals surface area contributed by atoms with Crippen molar-refractivity contribution in [2.75, 3.05) is 13.2 Å². The van der Waals surface area contributed by atoms with Crippen LogP contribution in [0.2, 0.25) is 0 Å². The van der Waals surface area contributed by atoms with Crippen molar-refractivity contribution in [2.45, 2.75) is 51.6 Å². The molecule has 2 amide bonds. The molecule has 0 radical (unpaired) electrons. The van der Waals surface area contributed by atoms with Crippen LogP contribution < -0.4 is 10.1 Å². The predicted octanol–water partition coefficient (Wildman–Crippen LogP) is 2.60. The Balaban J connectivity index is 1.52. The van der Waals surface area contributed by atoms with Gasteiger partial charge >= 0.3 is 0 Å². The van der Waals surface area contributed by atoms with Crippen LogP contribution in [0.5, 0.6) is 5.75 Å². The van der Waals surface area contributed by atoms with Gasteiger partial charge in [0.2, 0.25) is 5.91 Å².